The van der Waals surface area contributed by atoms with Gasteiger partial charge in [-0.15, -0.1) is 0 Å². The number of hydrogen-bond acceptors (Lipinski definition) is 5. The Morgan fingerprint density at radius 3 is 2.47 bits per heavy atom. The zero-order chi connectivity index (χ0) is 23.9. The SMILES string of the molecule is CN1CCN(C(=O)[C@H](COCCN[C@@H]2C[C@H]2c2ccc(F)cc2)NC(=O)c2ccccc2)CC1. The number of hydrogen-bond donors (Lipinski definition) is 2. The highest BCUT2D eigenvalue weighted by molar-refractivity contribution is 5.97. The summed E-state index contributed by atoms with van der Waals surface area (Å²) in [5.74, 6) is -0.210. The minimum atomic E-state index is -0.732. The Morgan fingerprint density at radius 2 is 1.76 bits per heavy atom. The molecule has 1 saturated carbocycles. The van der Waals surface area contributed by atoms with Crippen molar-refractivity contribution in [3.05, 3.63) is 71.5 Å². The van der Waals surface area contributed by atoms with Gasteiger partial charge in [-0.05, 0) is 43.3 Å². The molecule has 2 aromatic carbocycles. The monoisotopic (exact) mass is 468 g/mol. The third-order valence-corrected chi connectivity index (χ3v) is 6.48. The van der Waals surface area contributed by atoms with Gasteiger partial charge in [0.15, 0.2) is 0 Å². The van der Waals surface area contributed by atoms with Gasteiger partial charge in [-0.2, -0.15) is 0 Å². The first kappa shape index (κ1) is 24.3. The maximum Gasteiger partial charge on any atom is 0.251 e. The molecule has 1 saturated heterocycles. The molecule has 1 aliphatic carbocycles. The molecule has 8 heteroatoms. The summed E-state index contributed by atoms with van der Waals surface area (Å²) in [6.07, 6.45) is 1.02. The minimum Gasteiger partial charge on any atom is -0.377 e. The van der Waals surface area contributed by atoms with Crippen molar-refractivity contribution in [2.75, 3.05) is 53.0 Å². The lowest BCUT2D eigenvalue weighted by Crippen LogP contribution is -2.55. The average Bonchev–Trinajstić information content (AvgIpc) is 3.63. The van der Waals surface area contributed by atoms with E-state index in [1.165, 1.54) is 12.1 Å². The second-order valence-electron chi connectivity index (χ2n) is 9.05. The fraction of sp³-hybridized carbons (Fsp3) is 0.462. The first-order valence-electron chi connectivity index (χ1n) is 11.9. The number of benzene rings is 2. The zero-order valence-electron chi connectivity index (χ0n) is 19.6. The summed E-state index contributed by atoms with van der Waals surface area (Å²) in [4.78, 5) is 29.8. The second kappa shape index (κ2) is 11.6. The summed E-state index contributed by atoms with van der Waals surface area (Å²) in [7, 11) is 2.03. The van der Waals surface area contributed by atoms with Crippen molar-refractivity contribution in [1.29, 1.82) is 0 Å². The van der Waals surface area contributed by atoms with Gasteiger partial charge in [0, 0.05) is 50.2 Å². The Morgan fingerprint density at radius 1 is 1.06 bits per heavy atom. The van der Waals surface area contributed by atoms with Gasteiger partial charge < -0.3 is 25.2 Å². The number of ether oxygens (including phenoxy) is 1. The highest BCUT2D eigenvalue weighted by Crippen LogP contribution is 2.40. The number of rotatable bonds is 10. The number of carbonyl (C=O) groups excluding carboxylic acids is 2. The first-order valence-corrected chi connectivity index (χ1v) is 11.9. The summed E-state index contributed by atoms with van der Waals surface area (Å²) in [5.41, 5.74) is 1.65. The maximum absolute atomic E-state index is 13.1. The predicted molar refractivity (Wildman–Crippen MR) is 128 cm³/mol. The van der Waals surface area contributed by atoms with Crippen LogP contribution in [0.25, 0.3) is 0 Å². The molecular formula is C26H33FN4O3. The van der Waals surface area contributed by atoms with E-state index in [-0.39, 0.29) is 24.2 Å². The number of amides is 2. The molecule has 182 valence electrons. The number of carbonyl (C=O) groups is 2. The predicted octanol–water partition coefficient (Wildman–Crippen LogP) is 1.86. The smallest absolute Gasteiger partial charge is 0.251 e. The lowest BCUT2D eigenvalue weighted by molar-refractivity contribution is -0.136. The van der Waals surface area contributed by atoms with E-state index in [0.29, 0.717) is 43.8 Å². The van der Waals surface area contributed by atoms with Crippen LogP contribution in [0.3, 0.4) is 0 Å². The van der Waals surface area contributed by atoms with E-state index in [1.54, 1.807) is 29.2 Å². The number of likely N-dealkylation sites (N-methyl/N-ethyl adjacent to an activating group) is 1. The van der Waals surface area contributed by atoms with Gasteiger partial charge >= 0.3 is 0 Å². The molecule has 7 nitrogen and oxygen atoms in total. The highest BCUT2D eigenvalue weighted by Gasteiger charge is 2.37. The molecule has 1 heterocycles. The highest BCUT2D eigenvalue weighted by atomic mass is 19.1. The lowest BCUT2D eigenvalue weighted by atomic mass is 10.1. The molecule has 2 fully saturated rings. The van der Waals surface area contributed by atoms with Crippen LogP contribution in [0, 0.1) is 5.82 Å². The van der Waals surface area contributed by atoms with E-state index >= 15 is 0 Å². The van der Waals surface area contributed by atoms with Gasteiger partial charge in [-0.25, -0.2) is 4.39 Å². The van der Waals surface area contributed by atoms with E-state index in [0.717, 1.165) is 25.1 Å². The van der Waals surface area contributed by atoms with Crippen LogP contribution in [0.15, 0.2) is 54.6 Å². The molecular weight excluding hydrogens is 435 g/mol. The topological polar surface area (TPSA) is 73.9 Å². The summed E-state index contributed by atoms with van der Waals surface area (Å²) < 4.78 is 18.9. The van der Waals surface area contributed by atoms with Crippen molar-refractivity contribution in [2.45, 2.75) is 24.4 Å². The quantitative estimate of drug-likeness (QED) is 0.521. The molecule has 0 spiro atoms. The maximum atomic E-state index is 13.1. The van der Waals surface area contributed by atoms with Crippen LogP contribution in [0.1, 0.15) is 28.3 Å². The third-order valence-electron chi connectivity index (χ3n) is 6.48. The van der Waals surface area contributed by atoms with Crippen molar-refractivity contribution < 1.29 is 18.7 Å². The van der Waals surface area contributed by atoms with Crippen molar-refractivity contribution in [3.8, 4) is 0 Å². The van der Waals surface area contributed by atoms with Crippen molar-refractivity contribution >= 4 is 11.8 Å². The van der Waals surface area contributed by atoms with Crippen molar-refractivity contribution in [1.82, 2.24) is 20.4 Å². The Labute approximate surface area is 200 Å². The van der Waals surface area contributed by atoms with Crippen LogP contribution in [0.2, 0.25) is 0 Å². The van der Waals surface area contributed by atoms with Gasteiger partial charge in [-0.1, -0.05) is 30.3 Å². The molecule has 2 aliphatic rings. The molecule has 0 aromatic heterocycles. The number of halogens is 1. The third kappa shape index (κ3) is 6.62. The molecule has 2 aromatic rings. The van der Waals surface area contributed by atoms with E-state index < -0.39 is 6.04 Å². The molecule has 2 N–H and O–H groups in total. The van der Waals surface area contributed by atoms with E-state index in [1.807, 2.05) is 25.2 Å². The van der Waals surface area contributed by atoms with Crippen molar-refractivity contribution in [2.24, 2.45) is 0 Å². The summed E-state index contributed by atoms with van der Waals surface area (Å²) in [6, 6.07) is 15.2. The summed E-state index contributed by atoms with van der Waals surface area (Å²) >= 11 is 0. The standard InChI is InChI=1S/C26H33FN4O3/c1-30-12-14-31(15-13-30)26(33)24(29-25(32)20-5-3-2-4-6-20)18-34-16-11-28-23-17-22(23)19-7-9-21(27)10-8-19/h2-10,22-24,28H,11-18H2,1H3,(H,29,32)/t22-,23+,24-/m0/s1. The summed E-state index contributed by atoms with van der Waals surface area (Å²) in [6.45, 7) is 4.10. The van der Waals surface area contributed by atoms with Crippen LogP contribution in [-0.4, -0.2) is 86.7 Å². The fourth-order valence-electron chi connectivity index (χ4n) is 4.27. The van der Waals surface area contributed by atoms with Crippen LogP contribution in [0.4, 0.5) is 4.39 Å². The number of nitrogens with one attached hydrogen (secondary N) is 2. The van der Waals surface area contributed by atoms with Crippen LogP contribution in [0.5, 0.6) is 0 Å². The van der Waals surface area contributed by atoms with E-state index in [2.05, 4.69) is 15.5 Å². The molecule has 0 bridgehead atoms. The Balaban J connectivity index is 1.25. The largest absolute Gasteiger partial charge is 0.377 e. The van der Waals surface area contributed by atoms with Gasteiger partial charge in [0.05, 0.1) is 13.2 Å². The van der Waals surface area contributed by atoms with E-state index in [9.17, 15) is 14.0 Å². The molecule has 0 radical (unpaired) electrons. The van der Waals surface area contributed by atoms with Crippen molar-refractivity contribution in [3.63, 3.8) is 0 Å². The van der Waals surface area contributed by atoms with Crippen LogP contribution < -0.4 is 10.6 Å². The molecule has 0 unspecified atom stereocenters. The average molecular weight is 469 g/mol. The number of nitrogens with zero attached hydrogens (tertiary/aromatic N) is 2. The van der Waals surface area contributed by atoms with Gasteiger partial charge in [-0.3, -0.25) is 9.59 Å². The number of piperazine rings is 1. The van der Waals surface area contributed by atoms with Gasteiger partial charge in [0.25, 0.3) is 5.91 Å². The van der Waals surface area contributed by atoms with Crippen LogP contribution >= 0.6 is 0 Å². The van der Waals surface area contributed by atoms with E-state index in [4.69, 9.17) is 4.74 Å². The second-order valence-corrected chi connectivity index (χ2v) is 9.05. The lowest BCUT2D eigenvalue weighted by Gasteiger charge is -2.34. The first-order chi connectivity index (χ1) is 16.5. The zero-order valence-corrected chi connectivity index (χ0v) is 19.6. The minimum absolute atomic E-state index is 0.107. The van der Waals surface area contributed by atoms with Gasteiger partial charge in [0.1, 0.15) is 11.9 Å². The Hall–Kier alpha value is -2.81. The summed E-state index contributed by atoms with van der Waals surface area (Å²) in [5, 5.41) is 6.32. The van der Waals surface area contributed by atoms with Crippen LogP contribution in [-0.2, 0) is 9.53 Å². The van der Waals surface area contributed by atoms with Gasteiger partial charge in [0.2, 0.25) is 5.91 Å². The molecule has 1 aliphatic heterocycles. The fourth-order valence-corrected chi connectivity index (χ4v) is 4.27. The Kier molecular flexibility index (Phi) is 8.26. The molecule has 2 amide bonds. The molecule has 4 rings (SSSR count). The molecule has 34 heavy (non-hydrogen) atoms. The molecule has 3 atom stereocenters. The normalized spacial score (nSPS) is 21.2. The Bertz CT molecular complexity index is 948.